The summed E-state index contributed by atoms with van der Waals surface area (Å²) in [5.41, 5.74) is 1.08. The molecule has 0 saturated carbocycles. The first kappa shape index (κ1) is 18.4. The van der Waals surface area contributed by atoms with E-state index in [4.69, 9.17) is 21.1 Å². The van der Waals surface area contributed by atoms with Gasteiger partial charge in [-0.1, -0.05) is 11.6 Å². The number of hydrogen-bond acceptors (Lipinski definition) is 4. The van der Waals surface area contributed by atoms with E-state index in [1.165, 1.54) is 19.2 Å². The van der Waals surface area contributed by atoms with Crippen LogP contribution in [0.1, 0.15) is 19.4 Å². The zero-order valence-electron chi connectivity index (χ0n) is 14.0. The molecule has 2 aromatic carbocycles. The summed E-state index contributed by atoms with van der Waals surface area (Å²) >= 11 is 6.04. The number of aryl methyl sites for hydroxylation is 1. The smallest absolute Gasteiger partial charge is 0.262 e. The molecule has 0 bridgehead atoms. The van der Waals surface area contributed by atoms with Crippen LogP contribution in [0.4, 0.5) is 5.69 Å². The molecule has 2 rings (SSSR count). The molecule has 24 heavy (non-hydrogen) atoms. The average molecular weight is 370 g/mol. The predicted molar refractivity (Wildman–Crippen MR) is 95.8 cm³/mol. The lowest BCUT2D eigenvalue weighted by Crippen LogP contribution is -2.14. The maximum absolute atomic E-state index is 12.6. The average Bonchev–Trinajstić information content (AvgIpc) is 2.50. The molecule has 0 amide bonds. The Morgan fingerprint density at radius 2 is 1.75 bits per heavy atom. The highest BCUT2D eigenvalue weighted by Gasteiger charge is 2.18. The number of halogens is 1. The highest BCUT2D eigenvalue weighted by molar-refractivity contribution is 7.92. The first-order valence-electron chi connectivity index (χ1n) is 7.36. The van der Waals surface area contributed by atoms with Crippen molar-refractivity contribution in [1.82, 2.24) is 0 Å². The van der Waals surface area contributed by atoms with Gasteiger partial charge in [-0.05, 0) is 56.7 Å². The van der Waals surface area contributed by atoms with Crippen LogP contribution >= 0.6 is 11.6 Å². The Bertz CT molecular complexity index is 817. The number of benzene rings is 2. The lowest BCUT2D eigenvalue weighted by Gasteiger charge is -2.14. The molecule has 130 valence electrons. The molecule has 0 atom stereocenters. The summed E-state index contributed by atoms with van der Waals surface area (Å²) in [5, 5.41) is 0.505. The van der Waals surface area contributed by atoms with Crippen molar-refractivity contribution in [2.75, 3.05) is 11.8 Å². The van der Waals surface area contributed by atoms with Gasteiger partial charge >= 0.3 is 0 Å². The van der Waals surface area contributed by atoms with Crippen LogP contribution in [0.2, 0.25) is 5.02 Å². The molecular formula is C17H20ClNO4S. The van der Waals surface area contributed by atoms with Crippen LogP contribution in [0.5, 0.6) is 11.5 Å². The Labute approximate surface area is 147 Å². The summed E-state index contributed by atoms with van der Waals surface area (Å²) < 4.78 is 38.4. The Morgan fingerprint density at radius 3 is 2.29 bits per heavy atom. The van der Waals surface area contributed by atoms with Gasteiger partial charge in [0.1, 0.15) is 11.5 Å². The maximum atomic E-state index is 12.6. The molecule has 5 nitrogen and oxygen atoms in total. The molecule has 7 heteroatoms. The second-order valence-corrected chi connectivity index (χ2v) is 7.63. The number of hydrogen-bond donors (Lipinski definition) is 1. The van der Waals surface area contributed by atoms with Crippen molar-refractivity contribution in [3.05, 3.63) is 47.0 Å². The highest BCUT2D eigenvalue weighted by atomic mass is 35.5. The van der Waals surface area contributed by atoms with Gasteiger partial charge in [-0.3, -0.25) is 4.72 Å². The fourth-order valence-corrected chi connectivity index (χ4v) is 3.30. The molecule has 0 aliphatic heterocycles. The van der Waals surface area contributed by atoms with Crippen LogP contribution in [-0.2, 0) is 10.0 Å². The lowest BCUT2D eigenvalue weighted by atomic mass is 10.2. The van der Waals surface area contributed by atoms with E-state index in [2.05, 4.69) is 4.72 Å². The molecule has 0 aromatic heterocycles. The summed E-state index contributed by atoms with van der Waals surface area (Å²) in [6.07, 6.45) is 0.0203. The molecule has 0 fully saturated rings. The molecule has 0 unspecified atom stereocenters. The topological polar surface area (TPSA) is 64.6 Å². The summed E-state index contributed by atoms with van der Waals surface area (Å²) in [4.78, 5) is 0.133. The number of anilines is 1. The van der Waals surface area contributed by atoms with Gasteiger partial charge in [-0.15, -0.1) is 0 Å². The van der Waals surface area contributed by atoms with Gasteiger partial charge in [-0.25, -0.2) is 8.42 Å². The third-order valence-corrected chi connectivity index (χ3v) is 5.02. The Hall–Kier alpha value is -1.92. The Balaban J connectivity index is 2.30. The van der Waals surface area contributed by atoms with Gasteiger partial charge in [0, 0.05) is 11.1 Å². The molecule has 1 N–H and O–H groups in total. The number of nitrogens with one attached hydrogen (secondary N) is 1. The fourth-order valence-electron chi connectivity index (χ4n) is 2.09. The number of sulfonamides is 1. The maximum Gasteiger partial charge on any atom is 0.262 e. The van der Waals surface area contributed by atoms with E-state index >= 15 is 0 Å². The fraction of sp³-hybridized carbons (Fsp3) is 0.294. The third-order valence-electron chi connectivity index (χ3n) is 3.23. The van der Waals surface area contributed by atoms with Crippen LogP contribution in [0.15, 0.2) is 41.3 Å². The molecule has 0 saturated heterocycles. The van der Waals surface area contributed by atoms with Gasteiger partial charge in [-0.2, -0.15) is 0 Å². The zero-order valence-corrected chi connectivity index (χ0v) is 15.5. The first-order valence-corrected chi connectivity index (χ1v) is 9.22. The highest BCUT2D eigenvalue weighted by Crippen LogP contribution is 2.32. The molecule has 0 radical (unpaired) electrons. The van der Waals surface area contributed by atoms with E-state index < -0.39 is 10.0 Å². The van der Waals surface area contributed by atoms with Gasteiger partial charge in [0.05, 0.1) is 23.8 Å². The Kier molecular flexibility index (Phi) is 5.62. The van der Waals surface area contributed by atoms with Gasteiger partial charge < -0.3 is 9.47 Å². The van der Waals surface area contributed by atoms with E-state index in [1.54, 1.807) is 31.2 Å². The van der Waals surface area contributed by atoms with Crippen LogP contribution in [-0.4, -0.2) is 21.6 Å². The van der Waals surface area contributed by atoms with E-state index in [1.807, 2.05) is 13.8 Å². The summed E-state index contributed by atoms with van der Waals surface area (Å²) in [6.45, 7) is 5.60. The van der Waals surface area contributed by atoms with Crippen molar-refractivity contribution in [3.8, 4) is 11.5 Å². The third kappa shape index (κ3) is 4.33. The second-order valence-electron chi connectivity index (χ2n) is 5.55. The normalized spacial score (nSPS) is 11.4. The summed E-state index contributed by atoms with van der Waals surface area (Å²) in [6, 6.07) is 9.45. The SMILES string of the molecule is COc1cc(Cl)c(C)cc1NS(=O)(=O)c1ccc(OC(C)C)cc1. The second kappa shape index (κ2) is 7.32. The van der Waals surface area contributed by atoms with Crippen molar-refractivity contribution >= 4 is 27.3 Å². The lowest BCUT2D eigenvalue weighted by molar-refractivity contribution is 0.242. The minimum Gasteiger partial charge on any atom is -0.495 e. The van der Waals surface area contributed by atoms with E-state index in [0.29, 0.717) is 22.2 Å². The minimum atomic E-state index is -3.75. The number of methoxy groups -OCH3 is 1. The summed E-state index contributed by atoms with van der Waals surface area (Å²) in [7, 11) is -2.29. The van der Waals surface area contributed by atoms with Crippen molar-refractivity contribution in [3.63, 3.8) is 0 Å². The van der Waals surface area contributed by atoms with Gasteiger partial charge in [0.15, 0.2) is 0 Å². The standard InChI is InChI=1S/C17H20ClNO4S/c1-11(2)23-13-5-7-14(8-6-13)24(20,21)19-16-9-12(3)15(18)10-17(16)22-4/h5-11,19H,1-4H3. The predicted octanol–water partition coefficient (Wildman–Crippen LogP) is 4.25. The van der Waals surface area contributed by atoms with Crippen LogP contribution < -0.4 is 14.2 Å². The quantitative estimate of drug-likeness (QED) is 0.826. The molecule has 0 heterocycles. The number of ether oxygens (including phenoxy) is 2. The Morgan fingerprint density at radius 1 is 1.12 bits per heavy atom. The van der Waals surface area contributed by atoms with Crippen molar-refractivity contribution < 1.29 is 17.9 Å². The minimum absolute atomic E-state index is 0.0203. The van der Waals surface area contributed by atoms with Crippen molar-refractivity contribution in [2.45, 2.75) is 31.8 Å². The molecule has 0 spiro atoms. The van der Waals surface area contributed by atoms with E-state index in [9.17, 15) is 8.42 Å². The molecule has 0 aliphatic rings. The van der Waals surface area contributed by atoms with Crippen LogP contribution in [0.25, 0.3) is 0 Å². The molecule has 2 aromatic rings. The monoisotopic (exact) mass is 369 g/mol. The zero-order chi connectivity index (χ0) is 17.9. The summed E-state index contributed by atoms with van der Waals surface area (Å²) in [5.74, 6) is 0.970. The molecule has 0 aliphatic carbocycles. The van der Waals surface area contributed by atoms with Crippen LogP contribution in [0, 0.1) is 6.92 Å². The molecular weight excluding hydrogens is 350 g/mol. The largest absolute Gasteiger partial charge is 0.495 e. The van der Waals surface area contributed by atoms with Crippen molar-refractivity contribution in [1.29, 1.82) is 0 Å². The van der Waals surface area contributed by atoms with Gasteiger partial charge in [0.25, 0.3) is 10.0 Å². The van der Waals surface area contributed by atoms with Gasteiger partial charge in [0.2, 0.25) is 0 Å². The number of rotatable bonds is 6. The van der Waals surface area contributed by atoms with Crippen LogP contribution in [0.3, 0.4) is 0 Å². The first-order chi connectivity index (χ1) is 11.2. The van der Waals surface area contributed by atoms with E-state index in [-0.39, 0.29) is 11.0 Å². The van der Waals surface area contributed by atoms with Crippen molar-refractivity contribution in [2.24, 2.45) is 0 Å². The van der Waals surface area contributed by atoms with E-state index in [0.717, 1.165) is 5.56 Å².